The molecule has 0 aliphatic heterocycles. The van der Waals surface area contributed by atoms with Gasteiger partial charge in [0.15, 0.2) is 0 Å². The van der Waals surface area contributed by atoms with Gasteiger partial charge < -0.3 is 10.8 Å². The number of nitrogens with two attached hydrogens (primary N) is 1. The lowest BCUT2D eigenvalue weighted by molar-refractivity contribution is 0.197. The molecule has 2 nitrogen and oxygen atoms in total. The third kappa shape index (κ3) is 1.09. The molecule has 2 heteroatoms. The van der Waals surface area contributed by atoms with Gasteiger partial charge >= 0.3 is 0 Å². The van der Waals surface area contributed by atoms with Gasteiger partial charge in [0.25, 0.3) is 0 Å². The Kier molecular flexibility index (Phi) is 2.26. The zero-order valence-electron chi connectivity index (χ0n) is 8.59. The first-order valence-electron chi connectivity index (χ1n) is 4.70. The molecule has 1 fully saturated rings. The van der Waals surface area contributed by atoms with Crippen LogP contribution in [0.3, 0.4) is 0 Å². The van der Waals surface area contributed by atoms with Gasteiger partial charge in [-0.2, -0.15) is 0 Å². The number of hydrogen-bond acceptors (Lipinski definition) is 2. The first-order valence-corrected chi connectivity index (χ1v) is 4.70. The monoisotopic (exact) mass is 171 g/mol. The summed E-state index contributed by atoms with van der Waals surface area (Å²) in [7, 11) is 0. The highest BCUT2D eigenvalue weighted by atomic mass is 16.3. The number of aliphatic hydroxyl groups excluding tert-OH is 1. The van der Waals surface area contributed by atoms with Crippen LogP contribution in [0.25, 0.3) is 0 Å². The van der Waals surface area contributed by atoms with Gasteiger partial charge in [-0.1, -0.05) is 27.7 Å². The van der Waals surface area contributed by atoms with Crippen LogP contribution in [0.1, 0.15) is 27.7 Å². The Labute approximate surface area is 75.2 Å². The van der Waals surface area contributed by atoms with E-state index >= 15 is 0 Å². The molecule has 0 aromatic heterocycles. The fraction of sp³-hybridized carbons (Fsp3) is 1.00. The smallest absolute Gasteiger partial charge is 0.0474 e. The largest absolute Gasteiger partial charge is 0.396 e. The Morgan fingerprint density at radius 3 is 1.75 bits per heavy atom. The van der Waals surface area contributed by atoms with E-state index in [1.807, 2.05) is 0 Å². The zero-order valence-corrected chi connectivity index (χ0v) is 8.59. The molecule has 0 saturated heterocycles. The molecular weight excluding hydrogens is 150 g/mol. The van der Waals surface area contributed by atoms with Crippen LogP contribution < -0.4 is 5.73 Å². The van der Waals surface area contributed by atoms with E-state index < -0.39 is 0 Å². The summed E-state index contributed by atoms with van der Waals surface area (Å²) in [5, 5.41) is 9.12. The lowest BCUT2D eigenvalue weighted by Gasteiger charge is -2.12. The van der Waals surface area contributed by atoms with Gasteiger partial charge in [0, 0.05) is 6.61 Å². The SMILES string of the molecule is CC1(C)C(C(CN)CO)C1(C)C. The van der Waals surface area contributed by atoms with Crippen LogP contribution in [0.5, 0.6) is 0 Å². The van der Waals surface area contributed by atoms with Crippen molar-refractivity contribution in [3.63, 3.8) is 0 Å². The van der Waals surface area contributed by atoms with E-state index in [-0.39, 0.29) is 12.5 Å². The highest BCUT2D eigenvalue weighted by Crippen LogP contribution is 2.70. The molecule has 0 heterocycles. The van der Waals surface area contributed by atoms with Gasteiger partial charge in [-0.05, 0) is 29.2 Å². The number of aliphatic hydroxyl groups is 1. The second-order valence-corrected chi connectivity index (χ2v) is 5.10. The van der Waals surface area contributed by atoms with Gasteiger partial charge in [-0.15, -0.1) is 0 Å². The predicted octanol–water partition coefficient (Wildman–Crippen LogP) is 1.24. The molecule has 1 atom stereocenters. The molecular formula is C10H21NO. The maximum atomic E-state index is 9.12. The van der Waals surface area contributed by atoms with E-state index in [1.165, 1.54) is 0 Å². The fourth-order valence-electron chi connectivity index (χ4n) is 2.74. The molecule has 72 valence electrons. The van der Waals surface area contributed by atoms with E-state index in [9.17, 15) is 0 Å². The van der Waals surface area contributed by atoms with E-state index in [4.69, 9.17) is 10.8 Å². The normalized spacial score (nSPS) is 28.5. The van der Waals surface area contributed by atoms with E-state index in [0.29, 0.717) is 23.3 Å². The third-order valence-corrected chi connectivity index (χ3v) is 4.14. The summed E-state index contributed by atoms with van der Waals surface area (Å²) in [6.45, 7) is 9.88. The van der Waals surface area contributed by atoms with E-state index in [2.05, 4.69) is 27.7 Å². The summed E-state index contributed by atoms with van der Waals surface area (Å²) in [6.07, 6.45) is 0. The number of rotatable bonds is 3. The molecule has 0 bridgehead atoms. The zero-order chi connectivity index (χ0) is 9.57. The van der Waals surface area contributed by atoms with Gasteiger partial charge in [-0.3, -0.25) is 0 Å². The van der Waals surface area contributed by atoms with Crippen molar-refractivity contribution in [2.24, 2.45) is 28.4 Å². The van der Waals surface area contributed by atoms with Crippen molar-refractivity contribution in [1.29, 1.82) is 0 Å². The van der Waals surface area contributed by atoms with Crippen molar-refractivity contribution in [2.75, 3.05) is 13.2 Å². The predicted molar refractivity (Wildman–Crippen MR) is 50.7 cm³/mol. The van der Waals surface area contributed by atoms with Gasteiger partial charge in [0.05, 0.1) is 0 Å². The summed E-state index contributed by atoms with van der Waals surface area (Å²) in [5.41, 5.74) is 6.30. The molecule has 1 aliphatic carbocycles. The Morgan fingerprint density at radius 2 is 1.67 bits per heavy atom. The van der Waals surface area contributed by atoms with Crippen molar-refractivity contribution in [3.05, 3.63) is 0 Å². The standard InChI is InChI=1S/C10H21NO/c1-9(2)8(10(9,3)4)7(5-11)6-12/h7-8,12H,5-6,11H2,1-4H3. The summed E-state index contributed by atoms with van der Waals surface area (Å²) in [5.74, 6) is 0.870. The van der Waals surface area contributed by atoms with Gasteiger partial charge in [0.2, 0.25) is 0 Å². The van der Waals surface area contributed by atoms with Gasteiger partial charge in [0.1, 0.15) is 0 Å². The average Bonchev–Trinajstić information content (AvgIpc) is 2.34. The van der Waals surface area contributed by atoms with Crippen molar-refractivity contribution in [2.45, 2.75) is 27.7 Å². The topological polar surface area (TPSA) is 46.2 Å². The summed E-state index contributed by atoms with van der Waals surface area (Å²) in [4.78, 5) is 0. The first-order chi connectivity index (χ1) is 5.39. The van der Waals surface area contributed by atoms with Crippen LogP contribution in [-0.4, -0.2) is 18.3 Å². The molecule has 0 spiro atoms. The second kappa shape index (κ2) is 2.71. The molecule has 1 aliphatic rings. The molecule has 0 radical (unpaired) electrons. The van der Waals surface area contributed by atoms with Crippen LogP contribution in [-0.2, 0) is 0 Å². The molecule has 1 rings (SSSR count). The minimum Gasteiger partial charge on any atom is -0.396 e. The summed E-state index contributed by atoms with van der Waals surface area (Å²) >= 11 is 0. The minimum absolute atomic E-state index is 0.230. The van der Waals surface area contributed by atoms with Crippen molar-refractivity contribution in [3.8, 4) is 0 Å². The maximum absolute atomic E-state index is 9.12. The van der Waals surface area contributed by atoms with Crippen LogP contribution in [0.4, 0.5) is 0 Å². The molecule has 0 amide bonds. The molecule has 1 unspecified atom stereocenters. The lowest BCUT2D eigenvalue weighted by atomic mass is 9.98. The minimum atomic E-state index is 0.230. The molecule has 3 N–H and O–H groups in total. The Morgan fingerprint density at radius 1 is 1.25 bits per heavy atom. The van der Waals surface area contributed by atoms with E-state index in [0.717, 1.165) is 0 Å². The van der Waals surface area contributed by atoms with Crippen molar-refractivity contribution < 1.29 is 5.11 Å². The molecule has 0 aromatic carbocycles. The summed E-state index contributed by atoms with van der Waals surface area (Å²) < 4.78 is 0. The Bertz CT molecular complexity index is 157. The number of hydrogen-bond donors (Lipinski definition) is 2. The lowest BCUT2D eigenvalue weighted by Crippen LogP contribution is -2.22. The first kappa shape index (κ1) is 10.0. The summed E-state index contributed by atoms with van der Waals surface area (Å²) in [6, 6.07) is 0. The average molecular weight is 171 g/mol. The molecule has 1 saturated carbocycles. The Balaban J connectivity index is 2.68. The maximum Gasteiger partial charge on any atom is 0.0474 e. The highest BCUT2D eigenvalue weighted by Gasteiger charge is 2.66. The Hall–Kier alpha value is -0.0800. The second-order valence-electron chi connectivity index (χ2n) is 5.10. The molecule has 12 heavy (non-hydrogen) atoms. The third-order valence-electron chi connectivity index (χ3n) is 4.14. The molecule has 0 aromatic rings. The highest BCUT2D eigenvalue weighted by molar-refractivity contribution is 5.14. The van der Waals surface area contributed by atoms with Crippen LogP contribution in [0.2, 0.25) is 0 Å². The van der Waals surface area contributed by atoms with Crippen molar-refractivity contribution in [1.82, 2.24) is 0 Å². The van der Waals surface area contributed by atoms with Gasteiger partial charge in [-0.25, -0.2) is 0 Å². The van der Waals surface area contributed by atoms with Crippen LogP contribution in [0.15, 0.2) is 0 Å². The fourth-order valence-corrected chi connectivity index (χ4v) is 2.74. The van der Waals surface area contributed by atoms with Crippen molar-refractivity contribution >= 4 is 0 Å². The van der Waals surface area contributed by atoms with Crippen LogP contribution >= 0.6 is 0 Å². The van der Waals surface area contributed by atoms with E-state index in [1.54, 1.807) is 0 Å². The van der Waals surface area contributed by atoms with Crippen LogP contribution in [0, 0.1) is 22.7 Å². The quantitative estimate of drug-likeness (QED) is 0.671.